The number of Topliss-reactive ketones (excluding diaryl/α,β-unsaturated/α-hetero) is 1. The summed E-state index contributed by atoms with van der Waals surface area (Å²) in [6.45, 7) is 5.97. The van der Waals surface area contributed by atoms with Crippen molar-refractivity contribution < 1.29 is 9.53 Å². The maximum atomic E-state index is 12.1. The number of carbonyl (C=O) groups excluding carboxylic acids is 1. The SMILES string of the molecule is CCCCC(CC)(Sc1ccccc1OC)C(C)=O. The van der Waals surface area contributed by atoms with E-state index in [2.05, 4.69) is 13.8 Å². The van der Waals surface area contributed by atoms with Gasteiger partial charge in [0.05, 0.1) is 16.8 Å². The second-order valence-corrected chi connectivity index (χ2v) is 6.19. The van der Waals surface area contributed by atoms with E-state index >= 15 is 0 Å². The second-order valence-electron chi connectivity index (χ2n) is 4.76. The Morgan fingerprint density at radius 2 is 2.00 bits per heavy atom. The molecule has 1 unspecified atom stereocenters. The summed E-state index contributed by atoms with van der Waals surface area (Å²) in [7, 11) is 1.67. The molecule has 0 aliphatic heterocycles. The van der Waals surface area contributed by atoms with Crippen molar-refractivity contribution in [2.45, 2.75) is 56.1 Å². The molecule has 3 heteroatoms. The fraction of sp³-hybridized carbons (Fsp3) is 0.562. The molecule has 19 heavy (non-hydrogen) atoms. The molecule has 0 saturated heterocycles. The van der Waals surface area contributed by atoms with Gasteiger partial charge in [-0.25, -0.2) is 0 Å². The first-order valence-corrected chi connectivity index (χ1v) is 7.74. The number of thioether (sulfide) groups is 1. The molecular formula is C16H24O2S. The Bertz CT molecular complexity index is 417. The van der Waals surface area contributed by atoms with Gasteiger partial charge in [0, 0.05) is 0 Å². The fourth-order valence-electron chi connectivity index (χ4n) is 2.17. The Morgan fingerprint density at radius 3 is 2.53 bits per heavy atom. The van der Waals surface area contributed by atoms with Gasteiger partial charge in [-0.15, -0.1) is 11.8 Å². The highest BCUT2D eigenvalue weighted by atomic mass is 32.2. The summed E-state index contributed by atoms with van der Waals surface area (Å²) in [5.41, 5.74) is 0. The standard InChI is InChI=1S/C16H24O2S/c1-5-7-12-16(6-2,13(3)17)19-15-11-9-8-10-14(15)18-4/h8-11H,5-7,12H2,1-4H3. The summed E-state index contributed by atoms with van der Waals surface area (Å²) in [6, 6.07) is 7.92. The average Bonchev–Trinajstić information content (AvgIpc) is 2.43. The van der Waals surface area contributed by atoms with E-state index in [9.17, 15) is 4.79 Å². The van der Waals surface area contributed by atoms with Crippen molar-refractivity contribution in [2.75, 3.05) is 7.11 Å². The van der Waals surface area contributed by atoms with Crippen LogP contribution in [0.4, 0.5) is 0 Å². The van der Waals surface area contributed by atoms with Crippen LogP contribution in [0.2, 0.25) is 0 Å². The number of ether oxygens (including phenoxy) is 1. The van der Waals surface area contributed by atoms with Crippen LogP contribution in [-0.4, -0.2) is 17.6 Å². The number of carbonyl (C=O) groups is 1. The maximum Gasteiger partial charge on any atom is 0.146 e. The van der Waals surface area contributed by atoms with E-state index in [1.807, 2.05) is 24.3 Å². The Hall–Kier alpha value is -0.960. The minimum Gasteiger partial charge on any atom is -0.496 e. The Labute approximate surface area is 120 Å². The molecule has 1 aromatic carbocycles. The lowest BCUT2D eigenvalue weighted by Crippen LogP contribution is -2.32. The highest BCUT2D eigenvalue weighted by Crippen LogP contribution is 2.43. The molecule has 0 saturated carbocycles. The molecule has 106 valence electrons. The minimum atomic E-state index is -0.315. The van der Waals surface area contributed by atoms with Gasteiger partial charge in [-0.3, -0.25) is 4.79 Å². The number of para-hydroxylation sites is 1. The zero-order valence-corrected chi connectivity index (χ0v) is 13.2. The van der Waals surface area contributed by atoms with Gasteiger partial charge in [-0.1, -0.05) is 38.8 Å². The van der Waals surface area contributed by atoms with Gasteiger partial charge in [0.1, 0.15) is 11.5 Å². The summed E-state index contributed by atoms with van der Waals surface area (Å²) in [5, 5.41) is 0. The van der Waals surface area contributed by atoms with Gasteiger partial charge in [0.15, 0.2) is 0 Å². The maximum absolute atomic E-state index is 12.1. The lowest BCUT2D eigenvalue weighted by Gasteiger charge is -2.30. The van der Waals surface area contributed by atoms with Gasteiger partial charge < -0.3 is 4.74 Å². The van der Waals surface area contributed by atoms with Crippen LogP contribution in [0.5, 0.6) is 5.75 Å². The van der Waals surface area contributed by atoms with Crippen LogP contribution < -0.4 is 4.74 Å². The molecule has 0 aliphatic rings. The van der Waals surface area contributed by atoms with Crippen LogP contribution in [0.15, 0.2) is 29.2 Å². The van der Waals surface area contributed by atoms with Crippen LogP contribution in [0.3, 0.4) is 0 Å². The van der Waals surface area contributed by atoms with Crippen molar-refractivity contribution >= 4 is 17.5 Å². The molecule has 0 aliphatic carbocycles. The number of rotatable bonds is 8. The van der Waals surface area contributed by atoms with E-state index in [1.54, 1.807) is 25.8 Å². The quantitative estimate of drug-likeness (QED) is 0.645. The summed E-state index contributed by atoms with van der Waals surface area (Å²) in [4.78, 5) is 13.2. The van der Waals surface area contributed by atoms with E-state index in [4.69, 9.17) is 4.74 Å². The monoisotopic (exact) mass is 280 g/mol. The molecule has 1 rings (SSSR count). The summed E-state index contributed by atoms with van der Waals surface area (Å²) in [6.07, 6.45) is 3.97. The van der Waals surface area contributed by atoms with E-state index in [1.165, 1.54) is 0 Å². The zero-order chi connectivity index (χ0) is 14.3. The molecule has 0 bridgehead atoms. The fourth-order valence-corrected chi connectivity index (χ4v) is 3.53. The Kier molecular flexibility index (Phi) is 6.43. The first-order chi connectivity index (χ1) is 9.09. The Morgan fingerprint density at radius 1 is 1.32 bits per heavy atom. The molecular weight excluding hydrogens is 256 g/mol. The third-order valence-corrected chi connectivity index (χ3v) is 5.25. The van der Waals surface area contributed by atoms with Crippen molar-refractivity contribution in [1.82, 2.24) is 0 Å². The van der Waals surface area contributed by atoms with Crippen molar-refractivity contribution in [3.63, 3.8) is 0 Å². The molecule has 0 amide bonds. The topological polar surface area (TPSA) is 26.3 Å². The summed E-state index contributed by atoms with van der Waals surface area (Å²) < 4.78 is 5.07. The van der Waals surface area contributed by atoms with Crippen molar-refractivity contribution in [2.24, 2.45) is 0 Å². The second kappa shape index (κ2) is 7.59. The predicted octanol–water partition coefficient (Wildman–Crippen LogP) is 4.72. The van der Waals surface area contributed by atoms with Crippen LogP contribution in [0.25, 0.3) is 0 Å². The molecule has 0 fully saturated rings. The highest BCUT2D eigenvalue weighted by molar-refractivity contribution is 8.01. The van der Waals surface area contributed by atoms with E-state index in [0.717, 1.165) is 36.3 Å². The molecule has 1 aromatic rings. The molecule has 1 atom stereocenters. The van der Waals surface area contributed by atoms with Gasteiger partial charge in [-0.05, 0) is 31.9 Å². The van der Waals surface area contributed by atoms with Crippen molar-refractivity contribution in [3.8, 4) is 5.75 Å². The van der Waals surface area contributed by atoms with E-state index in [0.29, 0.717) is 0 Å². The summed E-state index contributed by atoms with van der Waals surface area (Å²) >= 11 is 1.66. The van der Waals surface area contributed by atoms with Crippen LogP contribution >= 0.6 is 11.8 Å². The highest BCUT2D eigenvalue weighted by Gasteiger charge is 2.34. The number of ketones is 1. The normalized spacial score (nSPS) is 13.9. The lowest BCUT2D eigenvalue weighted by molar-refractivity contribution is -0.119. The average molecular weight is 280 g/mol. The number of hydrogen-bond acceptors (Lipinski definition) is 3. The third kappa shape index (κ3) is 4.00. The number of hydrogen-bond donors (Lipinski definition) is 0. The largest absolute Gasteiger partial charge is 0.496 e. The van der Waals surface area contributed by atoms with Gasteiger partial charge in [0.25, 0.3) is 0 Å². The first kappa shape index (κ1) is 16.1. The van der Waals surface area contributed by atoms with Gasteiger partial charge >= 0.3 is 0 Å². The van der Waals surface area contributed by atoms with Crippen LogP contribution in [-0.2, 0) is 4.79 Å². The lowest BCUT2D eigenvalue weighted by atomic mass is 9.94. The molecule has 0 N–H and O–H groups in total. The van der Waals surface area contributed by atoms with E-state index < -0.39 is 0 Å². The predicted molar refractivity (Wildman–Crippen MR) is 82.1 cm³/mol. The minimum absolute atomic E-state index is 0.263. The summed E-state index contributed by atoms with van der Waals surface area (Å²) in [5.74, 6) is 1.11. The van der Waals surface area contributed by atoms with Crippen molar-refractivity contribution in [1.29, 1.82) is 0 Å². The molecule has 0 aromatic heterocycles. The van der Waals surface area contributed by atoms with Gasteiger partial charge in [0.2, 0.25) is 0 Å². The Balaban J connectivity index is 3.02. The third-order valence-electron chi connectivity index (χ3n) is 3.52. The smallest absolute Gasteiger partial charge is 0.146 e. The van der Waals surface area contributed by atoms with Crippen molar-refractivity contribution in [3.05, 3.63) is 24.3 Å². The van der Waals surface area contributed by atoms with E-state index in [-0.39, 0.29) is 10.5 Å². The van der Waals surface area contributed by atoms with Gasteiger partial charge in [-0.2, -0.15) is 0 Å². The molecule has 0 radical (unpaired) electrons. The number of methoxy groups -OCH3 is 1. The number of benzene rings is 1. The zero-order valence-electron chi connectivity index (χ0n) is 12.4. The molecule has 0 heterocycles. The number of unbranched alkanes of at least 4 members (excludes halogenated alkanes) is 1. The first-order valence-electron chi connectivity index (χ1n) is 6.92. The van der Waals surface area contributed by atoms with Crippen LogP contribution in [0.1, 0.15) is 46.5 Å². The molecule has 2 nitrogen and oxygen atoms in total. The van der Waals surface area contributed by atoms with Crippen LogP contribution in [0, 0.1) is 0 Å². The molecule has 0 spiro atoms.